The molecule has 0 atom stereocenters. The van der Waals surface area contributed by atoms with Crippen molar-refractivity contribution in [3.05, 3.63) is 46.4 Å². The normalized spacial score (nSPS) is 10.4. The summed E-state index contributed by atoms with van der Waals surface area (Å²) in [5.41, 5.74) is 1.62. The number of hydrogen-bond acceptors (Lipinski definition) is 4. The third-order valence-electron chi connectivity index (χ3n) is 2.60. The molecule has 0 aliphatic carbocycles. The fourth-order valence-electron chi connectivity index (χ4n) is 1.75. The minimum Gasteiger partial charge on any atom is -0.497 e. The maximum atomic E-state index is 11.4. The molecule has 0 radical (unpaired) electrons. The molecular formula is C13H14N2O2S. The minimum absolute atomic E-state index is 0.207. The molecule has 0 N–H and O–H groups in total. The Morgan fingerprint density at radius 1 is 1.28 bits per heavy atom. The Bertz CT molecular complexity index is 605. The number of nitrogens with zero attached hydrogens (tertiary/aromatic N) is 2. The zero-order valence-corrected chi connectivity index (χ0v) is 11.3. The summed E-state index contributed by atoms with van der Waals surface area (Å²) >= 11 is 1.45. The average molecular weight is 262 g/mol. The molecule has 0 bridgehead atoms. The standard InChI is InChI=1S/C13H14N2O2S/c1-9-8-12(16)14-13(18-3)15(9)10-4-6-11(17-2)7-5-10/h4-8H,1-3H3. The highest BCUT2D eigenvalue weighted by molar-refractivity contribution is 7.98. The van der Waals surface area contributed by atoms with Gasteiger partial charge in [-0.1, -0.05) is 11.8 Å². The van der Waals surface area contributed by atoms with Crippen LogP contribution in [-0.2, 0) is 0 Å². The second-order valence-electron chi connectivity index (χ2n) is 3.76. The molecule has 1 heterocycles. The molecule has 0 spiro atoms. The van der Waals surface area contributed by atoms with Crippen LogP contribution in [0.2, 0.25) is 0 Å². The van der Waals surface area contributed by atoms with Crippen molar-refractivity contribution in [2.24, 2.45) is 0 Å². The lowest BCUT2D eigenvalue weighted by Crippen LogP contribution is -2.15. The molecule has 94 valence electrons. The second-order valence-corrected chi connectivity index (χ2v) is 4.53. The van der Waals surface area contributed by atoms with Crippen molar-refractivity contribution in [1.29, 1.82) is 0 Å². The van der Waals surface area contributed by atoms with Gasteiger partial charge in [0.05, 0.1) is 7.11 Å². The molecule has 0 saturated heterocycles. The molecule has 1 aromatic carbocycles. The van der Waals surface area contributed by atoms with Crippen LogP contribution in [-0.4, -0.2) is 22.9 Å². The van der Waals surface area contributed by atoms with Gasteiger partial charge in [-0.15, -0.1) is 0 Å². The maximum Gasteiger partial charge on any atom is 0.273 e. The molecule has 2 rings (SSSR count). The minimum atomic E-state index is -0.207. The van der Waals surface area contributed by atoms with Crippen LogP contribution in [0.15, 0.2) is 40.3 Å². The third kappa shape index (κ3) is 2.41. The van der Waals surface area contributed by atoms with E-state index in [2.05, 4.69) is 4.98 Å². The Labute approximate surface area is 110 Å². The molecule has 4 nitrogen and oxygen atoms in total. The van der Waals surface area contributed by atoms with E-state index in [1.54, 1.807) is 7.11 Å². The fourth-order valence-corrected chi connectivity index (χ4v) is 2.37. The highest BCUT2D eigenvalue weighted by Crippen LogP contribution is 2.21. The van der Waals surface area contributed by atoms with E-state index in [0.29, 0.717) is 5.16 Å². The van der Waals surface area contributed by atoms with Gasteiger partial charge in [0.25, 0.3) is 5.56 Å². The van der Waals surface area contributed by atoms with Gasteiger partial charge in [0.15, 0.2) is 5.16 Å². The Balaban J connectivity index is 2.58. The molecule has 0 aliphatic rings. The molecular weight excluding hydrogens is 248 g/mol. The summed E-state index contributed by atoms with van der Waals surface area (Å²) in [4.78, 5) is 15.4. The number of benzene rings is 1. The number of aryl methyl sites for hydroxylation is 1. The molecule has 1 aromatic heterocycles. The topological polar surface area (TPSA) is 44.1 Å². The molecule has 0 fully saturated rings. The van der Waals surface area contributed by atoms with Gasteiger partial charge < -0.3 is 4.74 Å². The van der Waals surface area contributed by atoms with Gasteiger partial charge in [0, 0.05) is 17.4 Å². The van der Waals surface area contributed by atoms with Crippen LogP contribution in [0.1, 0.15) is 5.69 Å². The first-order valence-corrected chi connectivity index (χ1v) is 6.67. The zero-order valence-electron chi connectivity index (χ0n) is 10.5. The fraction of sp³-hybridized carbons (Fsp3) is 0.231. The number of thioether (sulfide) groups is 1. The Morgan fingerprint density at radius 2 is 1.94 bits per heavy atom. The Kier molecular flexibility index (Phi) is 3.72. The van der Waals surface area contributed by atoms with Crippen LogP contribution < -0.4 is 10.3 Å². The first-order valence-electron chi connectivity index (χ1n) is 5.45. The highest BCUT2D eigenvalue weighted by atomic mass is 32.2. The second kappa shape index (κ2) is 5.27. The van der Waals surface area contributed by atoms with Gasteiger partial charge in [-0.3, -0.25) is 9.36 Å². The lowest BCUT2D eigenvalue weighted by molar-refractivity contribution is 0.414. The Hall–Kier alpha value is -1.75. The zero-order chi connectivity index (χ0) is 13.1. The van der Waals surface area contributed by atoms with Crippen molar-refractivity contribution in [3.63, 3.8) is 0 Å². The number of ether oxygens (including phenoxy) is 1. The van der Waals surface area contributed by atoms with Crippen molar-refractivity contribution in [1.82, 2.24) is 9.55 Å². The van der Waals surface area contributed by atoms with Crippen molar-refractivity contribution in [2.75, 3.05) is 13.4 Å². The van der Waals surface area contributed by atoms with Crippen molar-refractivity contribution < 1.29 is 4.74 Å². The molecule has 5 heteroatoms. The van der Waals surface area contributed by atoms with Gasteiger partial charge in [0.2, 0.25) is 0 Å². The summed E-state index contributed by atoms with van der Waals surface area (Å²) < 4.78 is 7.08. The smallest absolute Gasteiger partial charge is 0.273 e. The van der Waals surface area contributed by atoms with Gasteiger partial charge in [-0.05, 0) is 37.4 Å². The van der Waals surface area contributed by atoms with Crippen LogP contribution in [0.4, 0.5) is 0 Å². The van der Waals surface area contributed by atoms with E-state index >= 15 is 0 Å². The number of rotatable bonds is 3. The van der Waals surface area contributed by atoms with E-state index in [-0.39, 0.29) is 5.56 Å². The molecule has 2 aromatic rings. The van der Waals surface area contributed by atoms with Crippen molar-refractivity contribution in [2.45, 2.75) is 12.1 Å². The van der Waals surface area contributed by atoms with Crippen molar-refractivity contribution in [3.8, 4) is 11.4 Å². The molecule has 0 saturated carbocycles. The predicted molar refractivity (Wildman–Crippen MR) is 72.9 cm³/mol. The van der Waals surface area contributed by atoms with E-state index in [1.165, 1.54) is 17.8 Å². The lowest BCUT2D eigenvalue weighted by atomic mass is 10.3. The van der Waals surface area contributed by atoms with Crippen LogP contribution in [0, 0.1) is 6.92 Å². The summed E-state index contributed by atoms with van der Waals surface area (Å²) in [6.07, 6.45) is 1.90. The highest BCUT2D eigenvalue weighted by Gasteiger charge is 2.08. The lowest BCUT2D eigenvalue weighted by Gasteiger charge is -2.14. The van der Waals surface area contributed by atoms with Crippen LogP contribution >= 0.6 is 11.8 Å². The van der Waals surface area contributed by atoms with Crippen LogP contribution in [0.5, 0.6) is 5.75 Å². The van der Waals surface area contributed by atoms with E-state index in [9.17, 15) is 4.79 Å². The van der Waals surface area contributed by atoms with Gasteiger partial charge >= 0.3 is 0 Å². The first-order chi connectivity index (χ1) is 8.65. The summed E-state index contributed by atoms with van der Waals surface area (Å²) in [5, 5.41) is 0.685. The first kappa shape index (κ1) is 12.7. The van der Waals surface area contributed by atoms with E-state index in [1.807, 2.05) is 42.0 Å². The summed E-state index contributed by atoms with van der Waals surface area (Å²) in [6.45, 7) is 1.90. The van der Waals surface area contributed by atoms with Gasteiger partial charge in [0.1, 0.15) is 5.75 Å². The molecule has 0 unspecified atom stereocenters. The van der Waals surface area contributed by atoms with Gasteiger partial charge in [-0.2, -0.15) is 4.98 Å². The van der Waals surface area contributed by atoms with Crippen LogP contribution in [0.3, 0.4) is 0 Å². The summed E-state index contributed by atoms with van der Waals surface area (Å²) in [7, 11) is 1.63. The van der Waals surface area contributed by atoms with E-state index in [0.717, 1.165) is 17.1 Å². The summed E-state index contributed by atoms with van der Waals surface area (Å²) in [6, 6.07) is 9.19. The Morgan fingerprint density at radius 3 is 2.50 bits per heavy atom. The van der Waals surface area contributed by atoms with E-state index in [4.69, 9.17) is 4.74 Å². The number of hydrogen-bond donors (Lipinski definition) is 0. The van der Waals surface area contributed by atoms with Crippen molar-refractivity contribution >= 4 is 11.8 Å². The van der Waals surface area contributed by atoms with Gasteiger partial charge in [-0.25, -0.2) is 0 Å². The summed E-state index contributed by atoms with van der Waals surface area (Å²) in [5.74, 6) is 0.802. The monoisotopic (exact) mass is 262 g/mol. The predicted octanol–water partition coefficient (Wildman–Crippen LogP) is 2.27. The average Bonchev–Trinajstić information content (AvgIpc) is 2.38. The maximum absolute atomic E-state index is 11.4. The number of methoxy groups -OCH3 is 1. The molecule has 18 heavy (non-hydrogen) atoms. The molecule has 0 aliphatic heterocycles. The van der Waals surface area contributed by atoms with Crippen LogP contribution in [0.25, 0.3) is 5.69 Å². The largest absolute Gasteiger partial charge is 0.497 e. The SMILES string of the molecule is COc1ccc(-n2c(C)cc(=O)nc2SC)cc1. The quantitative estimate of drug-likeness (QED) is 0.628. The molecule has 0 amide bonds. The van der Waals surface area contributed by atoms with E-state index < -0.39 is 0 Å². The number of aromatic nitrogens is 2. The third-order valence-corrected chi connectivity index (χ3v) is 3.23.